The van der Waals surface area contributed by atoms with Gasteiger partial charge in [-0.15, -0.1) is 0 Å². The highest BCUT2D eigenvalue weighted by atomic mass is 16.5. The number of carbonyl (C=O) groups excluding carboxylic acids is 1. The van der Waals surface area contributed by atoms with Gasteiger partial charge in [0.25, 0.3) is 0 Å². The van der Waals surface area contributed by atoms with E-state index in [9.17, 15) is 9.90 Å². The zero-order valence-electron chi connectivity index (χ0n) is 7.78. The second kappa shape index (κ2) is 5.16. The van der Waals surface area contributed by atoms with E-state index in [0.29, 0.717) is 26.3 Å². The van der Waals surface area contributed by atoms with E-state index in [2.05, 4.69) is 0 Å². The summed E-state index contributed by atoms with van der Waals surface area (Å²) >= 11 is 0. The maximum Gasteiger partial charge on any atom is 0.361 e. The first kappa shape index (κ1) is 10.4. The van der Waals surface area contributed by atoms with Gasteiger partial charge in [-0.25, -0.2) is 4.79 Å². The van der Waals surface area contributed by atoms with Crippen LogP contribution in [0.15, 0.2) is 0 Å². The van der Waals surface area contributed by atoms with Gasteiger partial charge in [0.05, 0.1) is 6.61 Å². The molecule has 1 fully saturated rings. The molecule has 5 heteroatoms. The van der Waals surface area contributed by atoms with Crippen molar-refractivity contribution >= 4 is 5.97 Å². The number of morpholine rings is 1. The molecule has 0 saturated carbocycles. The van der Waals surface area contributed by atoms with Crippen molar-refractivity contribution in [2.24, 2.45) is 0 Å². The van der Waals surface area contributed by atoms with Crippen molar-refractivity contribution in [1.29, 1.82) is 0 Å². The van der Waals surface area contributed by atoms with Crippen LogP contribution in [0.5, 0.6) is 0 Å². The minimum atomic E-state index is -0.495. The molecular formula is C8H16NO4+. The molecule has 0 aromatic carbocycles. The molecule has 0 aliphatic carbocycles. The van der Waals surface area contributed by atoms with Crippen LogP contribution in [-0.2, 0) is 14.3 Å². The second-order valence-corrected chi connectivity index (χ2v) is 3.21. The molecule has 5 nitrogen and oxygen atoms in total. The first-order valence-corrected chi connectivity index (χ1v) is 4.38. The van der Waals surface area contributed by atoms with Gasteiger partial charge in [-0.1, -0.05) is 0 Å². The summed E-state index contributed by atoms with van der Waals surface area (Å²) < 4.78 is 9.57. The molecule has 1 rings (SSSR count). The van der Waals surface area contributed by atoms with Crippen LogP contribution >= 0.6 is 0 Å². The normalized spacial score (nSPS) is 25.4. The molecule has 1 aliphatic rings. The quantitative estimate of drug-likeness (QED) is 0.479. The lowest BCUT2D eigenvalue weighted by Crippen LogP contribution is -3.15. The number of ether oxygens (including phenoxy) is 2. The first-order chi connectivity index (χ1) is 6.22. The summed E-state index contributed by atoms with van der Waals surface area (Å²) in [6, 6.07) is 0. The van der Waals surface area contributed by atoms with E-state index < -0.39 is 6.10 Å². The highest BCUT2D eigenvalue weighted by Crippen LogP contribution is 1.82. The predicted octanol–water partition coefficient (Wildman–Crippen LogP) is -2.56. The largest absolute Gasteiger partial charge is 0.456 e. The van der Waals surface area contributed by atoms with Crippen LogP contribution in [0.1, 0.15) is 0 Å². The highest BCUT2D eigenvalue weighted by molar-refractivity contribution is 5.70. The van der Waals surface area contributed by atoms with E-state index in [-0.39, 0.29) is 5.97 Å². The first-order valence-electron chi connectivity index (χ1n) is 4.38. The average Bonchev–Trinajstić information content (AvgIpc) is 2.04. The van der Waals surface area contributed by atoms with Crippen LogP contribution in [0.25, 0.3) is 0 Å². The van der Waals surface area contributed by atoms with Crippen LogP contribution < -0.4 is 4.90 Å². The third-order valence-electron chi connectivity index (χ3n) is 2.00. The number of cyclic esters (lactones) is 1. The number of esters is 1. The summed E-state index contributed by atoms with van der Waals surface area (Å²) in [7, 11) is 1.54. The van der Waals surface area contributed by atoms with Crippen LogP contribution in [-0.4, -0.2) is 57.1 Å². The molecule has 0 spiro atoms. The third-order valence-corrected chi connectivity index (χ3v) is 2.00. The van der Waals surface area contributed by atoms with Gasteiger partial charge in [0.2, 0.25) is 0 Å². The maximum atomic E-state index is 10.9. The number of quaternary nitrogens is 1. The maximum absolute atomic E-state index is 10.9. The van der Waals surface area contributed by atoms with Crippen molar-refractivity contribution in [2.75, 3.05) is 40.0 Å². The fraction of sp³-hybridized carbons (Fsp3) is 0.875. The summed E-state index contributed by atoms with van der Waals surface area (Å²) in [5.74, 6) is -0.189. The zero-order valence-corrected chi connectivity index (χ0v) is 7.78. The number of hydrogen-bond acceptors (Lipinski definition) is 4. The Hall–Kier alpha value is -0.650. The Kier molecular flexibility index (Phi) is 4.14. The Labute approximate surface area is 77.2 Å². The fourth-order valence-electron chi connectivity index (χ4n) is 1.41. The minimum Gasteiger partial charge on any atom is -0.456 e. The van der Waals surface area contributed by atoms with E-state index >= 15 is 0 Å². The lowest BCUT2D eigenvalue weighted by atomic mass is 10.3. The SMILES string of the molecule is COCC(O)C[NH+]1CCOC(=O)C1. The molecule has 0 aromatic rings. The van der Waals surface area contributed by atoms with E-state index in [1.807, 2.05) is 0 Å². The second-order valence-electron chi connectivity index (χ2n) is 3.21. The Bertz CT molecular complexity index is 174. The molecule has 0 bridgehead atoms. The number of hydrogen-bond donors (Lipinski definition) is 2. The minimum absolute atomic E-state index is 0.189. The zero-order chi connectivity index (χ0) is 9.68. The smallest absolute Gasteiger partial charge is 0.361 e. The van der Waals surface area contributed by atoms with Gasteiger partial charge >= 0.3 is 5.97 Å². The number of aliphatic hydroxyl groups is 1. The molecule has 2 N–H and O–H groups in total. The topological polar surface area (TPSA) is 60.2 Å². The van der Waals surface area contributed by atoms with Gasteiger partial charge in [-0.05, 0) is 0 Å². The Balaban J connectivity index is 2.23. The van der Waals surface area contributed by atoms with Crippen molar-refractivity contribution < 1.29 is 24.3 Å². The van der Waals surface area contributed by atoms with Crippen molar-refractivity contribution in [3.63, 3.8) is 0 Å². The predicted molar refractivity (Wildman–Crippen MR) is 44.4 cm³/mol. The molecule has 0 amide bonds. The summed E-state index contributed by atoms with van der Waals surface area (Å²) in [6.45, 7) is 2.43. The monoisotopic (exact) mass is 190 g/mol. The molecule has 2 atom stereocenters. The van der Waals surface area contributed by atoms with Crippen molar-refractivity contribution in [1.82, 2.24) is 0 Å². The van der Waals surface area contributed by atoms with Gasteiger partial charge in [0.15, 0.2) is 6.54 Å². The van der Waals surface area contributed by atoms with Crippen LogP contribution in [0.2, 0.25) is 0 Å². The molecule has 0 aromatic heterocycles. The van der Waals surface area contributed by atoms with Gasteiger partial charge in [0, 0.05) is 7.11 Å². The Morgan fingerprint density at radius 2 is 2.54 bits per heavy atom. The van der Waals surface area contributed by atoms with Crippen molar-refractivity contribution in [2.45, 2.75) is 6.10 Å². The Morgan fingerprint density at radius 1 is 1.77 bits per heavy atom. The molecule has 0 radical (unpaired) electrons. The van der Waals surface area contributed by atoms with Crippen molar-refractivity contribution in [3.05, 3.63) is 0 Å². The number of carbonyl (C=O) groups is 1. The molecule has 13 heavy (non-hydrogen) atoms. The molecular weight excluding hydrogens is 174 g/mol. The van der Waals surface area contributed by atoms with E-state index in [4.69, 9.17) is 9.47 Å². The van der Waals surface area contributed by atoms with Crippen LogP contribution in [0.3, 0.4) is 0 Å². The molecule has 1 heterocycles. The summed E-state index contributed by atoms with van der Waals surface area (Å²) in [6.07, 6.45) is -0.495. The molecule has 1 aliphatic heterocycles. The Morgan fingerprint density at radius 3 is 3.15 bits per heavy atom. The lowest BCUT2D eigenvalue weighted by molar-refractivity contribution is -0.900. The fourth-order valence-corrected chi connectivity index (χ4v) is 1.41. The number of aliphatic hydroxyl groups excluding tert-OH is 1. The van der Waals surface area contributed by atoms with E-state index in [0.717, 1.165) is 11.4 Å². The molecule has 76 valence electrons. The van der Waals surface area contributed by atoms with E-state index in [1.165, 1.54) is 0 Å². The van der Waals surface area contributed by atoms with Gasteiger partial charge in [0.1, 0.15) is 25.8 Å². The molecule has 1 saturated heterocycles. The van der Waals surface area contributed by atoms with Gasteiger partial charge in [-0.2, -0.15) is 0 Å². The van der Waals surface area contributed by atoms with E-state index in [1.54, 1.807) is 7.11 Å². The standard InChI is InChI=1S/C8H15NO4/c1-12-6-7(10)4-9-2-3-13-8(11)5-9/h7,10H,2-6H2,1H3/p+1. The third kappa shape index (κ3) is 3.71. The van der Waals surface area contributed by atoms with Gasteiger partial charge < -0.3 is 19.5 Å². The number of methoxy groups -OCH3 is 1. The van der Waals surface area contributed by atoms with Crippen LogP contribution in [0.4, 0.5) is 0 Å². The van der Waals surface area contributed by atoms with Crippen LogP contribution in [0, 0.1) is 0 Å². The highest BCUT2D eigenvalue weighted by Gasteiger charge is 2.23. The summed E-state index contributed by atoms with van der Waals surface area (Å²) in [4.78, 5) is 11.9. The molecule has 2 unspecified atom stereocenters. The summed E-state index contributed by atoms with van der Waals surface area (Å²) in [5, 5.41) is 9.39. The summed E-state index contributed by atoms with van der Waals surface area (Å²) in [5.41, 5.74) is 0. The number of rotatable bonds is 4. The van der Waals surface area contributed by atoms with Crippen molar-refractivity contribution in [3.8, 4) is 0 Å². The number of nitrogens with one attached hydrogen (secondary N) is 1. The average molecular weight is 190 g/mol. The van der Waals surface area contributed by atoms with Gasteiger partial charge in [-0.3, -0.25) is 0 Å². The lowest BCUT2D eigenvalue weighted by Gasteiger charge is -2.24.